The standard InChI is InChI=1S/C15H21IN2O2/c1-11-8-12(16)4-5-13(11)17-14(19)9-18-7-3-6-15(2,20)10-18/h4-5,8,20H,3,6-7,9-10H2,1-2H3,(H,17,19). The zero-order valence-electron chi connectivity index (χ0n) is 11.9. The van der Waals surface area contributed by atoms with Crippen LogP contribution in [0.1, 0.15) is 25.3 Å². The second-order valence-corrected chi connectivity index (χ2v) is 7.06. The predicted octanol–water partition coefficient (Wildman–Crippen LogP) is 2.38. The Morgan fingerprint density at radius 1 is 1.55 bits per heavy atom. The van der Waals surface area contributed by atoms with Gasteiger partial charge < -0.3 is 10.4 Å². The summed E-state index contributed by atoms with van der Waals surface area (Å²) in [5.74, 6) is -0.0213. The number of hydrogen-bond donors (Lipinski definition) is 2. The molecule has 1 aliphatic heterocycles. The van der Waals surface area contributed by atoms with Crippen molar-refractivity contribution in [2.45, 2.75) is 32.3 Å². The molecule has 1 aromatic carbocycles. The summed E-state index contributed by atoms with van der Waals surface area (Å²) in [5.41, 5.74) is 1.26. The maximum atomic E-state index is 12.1. The Balaban J connectivity index is 1.92. The molecule has 1 atom stereocenters. The number of carbonyl (C=O) groups excluding carboxylic acids is 1. The molecule has 2 rings (SSSR count). The third kappa shape index (κ3) is 4.43. The van der Waals surface area contributed by atoms with Crippen molar-refractivity contribution in [1.29, 1.82) is 0 Å². The molecule has 4 nitrogen and oxygen atoms in total. The summed E-state index contributed by atoms with van der Waals surface area (Å²) < 4.78 is 1.16. The Hall–Kier alpha value is -0.660. The number of aliphatic hydroxyl groups is 1. The van der Waals surface area contributed by atoms with E-state index in [2.05, 4.69) is 27.9 Å². The van der Waals surface area contributed by atoms with Crippen LogP contribution in [-0.2, 0) is 4.79 Å². The number of halogens is 1. The Morgan fingerprint density at radius 2 is 2.30 bits per heavy atom. The highest BCUT2D eigenvalue weighted by molar-refractivity contribution is 14.1. The molecule has 1 saturated heterocycles. The summed E-state index contributed by atoms with van der Waals surface area (Å²) in [6.45, 7) is 5.59. The average Bonchev–Trinajstić information content (AvgIpc) is 2.31. The van der Waals surface area contributed by atoms with Crippen LogP contribution < -0.4 is 5.32 Å². The van der Waals surface area contributed by atoms with E-state index in [0.717, 1.165) is 34.2 Å². The summed E-state index contributed by atoms with van der Waals surface area (Å²) in [4.78, 5) is 14.1. The number of nitrogens with zero attached hydrogens (tertiary/aromatic N) is 1. The van der Waals surface area contributed by atoms with Gasteiger partial charge in [0, 0.05) is 15.8 Å². The summed E-state index contributed by atoms with van der Waals surface area (Å²) in [5, 5.41) is 13.0. The number of likely N-dealkylation sites (tertiary alicyclic amines) is 1. The van der Waals surface area contributed by atoms with Gasteiger partial charge in [-0.3, -0.25) is 9.69 Å². The lowest BCUT2D eigenvalue weighted by atomic mass is 9.95. The van der Waals surface area contributed by atoms with Gasteiger partial charge in [0.25, 0.3) is 0 Å². The number of anilines is 1. The average molecular weight is 388 g/mol. The van der Waals surface area contributed by atoms with Crippen molar-refractivity contribution in [3.63, 3.8) is 0 Å². The fourth-order valence-corrected chi connectivity index (χ4v) is 3.27. The van der Waals surface area contributed by atoms with Gasteiger partial charge in [-0.1, -0.05) is 0 Å². The smallest absolute Gasteiger partial charge is 0.238 e. The van der Waals surface area contributed by atoms with Gasteiger partial charge in [0.1, 0.15) is 0 Å². The van der Waals surface area contributed by atoms with Gasteiger partial charge in [0.2, 0.25) is 5.91 Å². The van der Waals surface area contributed by atoms with Crippen molar-refractivity contribution in [3.8, 4) is 0 Å². The molecule has 20 heavy (non-hydrogen) atoms. The maximum absolute atomic E-state index is 12.1. The highest BCUT2D eigenvalue weighted by Gasteiger charge is 2.29. The summed E-state index contributed by atoms with van der Waals surface area (Å²) >= 11 is 2.26. The van der Waals surface area contributed by atoms with Crippen LogP contribution in [0, 0.1) is 10.5 Å². The lowest BCUT2D eigenvalue weighted by Crippen LogP contribution is -2.48. The molecule has 0 saturated carbocycles. The number of rotatable bonds is 3. The molecule has 0 radical (unpaired) electrons. The summed E-state index contributed by atoms with van der Waals surface area (Å²) in [7, 11) is 0. The van der Waals surface area contributed by atoms with Crippen LogP contribution in [0.3, 0.4) is 0 Å². The molecule has 5 heteroatoms. The zero-order valence-corrected chi connectivity index (χ0v) is 14.1. The predicted molar refractivity (Wildman–Crippen MR) is 88.8 cm³/mol. The van der Waals surface area contributed by atoms with Gasteiger partial charge in [0.15, 0.2) is 0 Å². The first-order chi connectivity index (χ1) is 9.35. The van der Waals surface area contributed by atoms with E-state index in [0.29, 0.717) is 13.1 Å². The number of hydrogen-bond acceptors (Lipinski definition) is 3. The number of benzene rings is 1. The Morgan fingerprint density at radius 3 is 2.95 bits per heavy atom. The second-order valence-electron chi connectivity index (χ2n) is 5.82. The first-order valence-electron chi connectivity index (χ1n) is 6.86. The first kappa shape index (κ1) is 15.7. The Bertz CT molecular complexity index is 503. The van der Waals surface area contributed by atoms with Crippen molar-refractivity contribution in [2.75, 3.05) is 25.0 Å². The monoisotopic (exact) mass is 388 g/mol. The van der Waals surface area contributed by atoms with Crippen LogP contribution in [0.2, 0.25) is 0 Å². The van der Waals surface area contributed by atoms with E-state index in [1.807, 2.05) is 36.9 Å². The van der Waals surface area contributed by atoms with Crippen LogP contribution in [0.15, 0.2) is 18.2 Å². The number of β-amino-alcohol motifs (C(OH)–C–C–N with tert-alkyl or cyclic N) is 1. The minimum Gasteiger partial charge on any atom is -0.389 e. The number of nitrogens with one attached hydrogen (secondary N) is 1. The lowest BCUT2D eigenvalue weighted by Gasteiger charge is -2.36. The summed E-state index contributed by atoms with van der Waals surface area (Å²) in [6.07, 6.45) is 1.74. The van der Waals surface area contributed by atoms with E-state index in [4.69, 9.17) is 0 Å². The molecule has 0 aliphatic carbocycles. The molecule has 1 aliphatic rings. The molecule has 1 unspecified atom stereocenters. The zero-order chi connectivity index (χ0) is 14.8. The van der Waals surface area contributed by atoms with Crippen LogP contribution >= 0.6 is 22.6 Å². The minimum absolute atomic E-state index is 0.0213. The van der Waals surface area contributed by atoms with Crippen molar-refractivity contribution in [1.82, 2.24) is 4.90 Å². The largest absolute Gasteiger partial charge is 0.389 e. The molecular formula is C15H21IN2O2. The molecule has 0 spiro atoms. The molecule has 0 bridgehead atoms. The SMILES string of the molecule is Cc1cc(I)ccc1NC(=O)CN1CCCC(C)(O)C1. The lowest BCUT2D eigenvalue weighted by molar-refractivity contribution is -0.118. The van der Waals surface area contributed by atoms with Crippen LogP contribution in [0.5, 0.6) is 0 Å². The molecule has 1 fully saturated rings. The van der Waals surface area contributed by atoms with E-state index in [1.165, 1.54) is 0 Å². The maximum Gasteiger partial charge on any atom is 0.238 e. The van der Waals surface area contributed by atoms with E-state index >= 15 is 0 Å². The van der Waals surface area contributed by atoms with Crippen molar-refractivity contribution >= 4 is 34.2 Å². The Labute approximate surface area is 133 Å². The molecule has 1 heterocycles. The number of amides is 1. The molecule has 2 N–H and O–H groups in total. The second kappa shape index (κ2) is 6.41. The third-order valence-electron chi connectivity index (χ3n) is 3.58. The van der Waals surface area contributed by atoms with Crippen LogP contribution in [0.25, 0.3) is 0 Å². The first-order valence-corrected chi connectivity index (χ1v) is 7.94. The normalized spacial score (nSPS) is 23.6. The van der Waals surface area contributed by atoms with Crippen molar-refractivity contribution in [2.24, 2.45) is 0 Å². The molecule has 1 amide bonds. The number of piperidine rings is 1. The van der Waals surface area contributed by atoms with Crippen molar-refractivity contribution in [3.05, 3.63) is 27.3 Å². The number of aryl methyl sites for hydroxylation is 1. The van der Waals surface area contributed by atoms with Gasteiger partial charge in [-0.05, 0) is 79.6 Å². The highest BCUT2D eigenvalue weighted by atomic mass is 127. The van der Waals surface area contributed by atoms with E-state index in [1.54, 1.807) is 0 Å². The molecule has 1 aromatic rings. The van der Waals surface area contributed by atoms with E-state index in [9.17, 15) is 9.90 Å². The minimum atomic E-state index is -0.669. The van der Waals surface area contributed by atoms with E-state index in [-0.39, 0.29) is 5.91 Å². The van der Waals surface area contributed by atoms with E-state index < -0.39 is 5.60 Å². The summed E-state index contributed by atoms with van der Waals surface area (Å²) in [6, 6.07) is 5.96. The quantitative estimate of drug-likeness (QED) is 0.782. The Kier molecular flexibility index (Phi) is 5.04. The van der Waals surface area contributed by atoms with Gasteiger partial charge >= 0.3 is 0 Å². The molecular weight excluding hydrogens is 367 g/mol. The van der Waals surface area contributed by atoms with Gasteiger partial charge in [-0.25, -0.2) is 0 Å². The molecule has 110 valence electrons. The number of carbonyl (C=O) groups is 1. The van der Waals surface area contributed by atoms with Gasteiger partial charge in [-0.15, -0.1) is 0 Å². The third-order valence-corrected chi connectivity index (χ3v) is 4.25. The van der Waals surface area contributed by atoms with Crippen molar-refractivity contribution < 1.29 is 9.90 Å². The fourth-order valence-electron chi connectivity index (χ4n) is 2.62. The van der Waals surface area contributed by atoms with Gasteiger partial charge in [-0.2, -0.15) is 0 Å². The highest BCUT2D eigenvalue weighted by Crippen LogP contribution is 2.21. The van der Waals surface area contributed by atoms with Crippen LogP contribution in [-0.4, -0.2) is 41.1 Å². The molecule has 0 aromatic heterocycles. The topological polar surface area (TPSA) is 52.6 Å². The van der Waals surface area contributed by atoms with Crippen LogP contribution in [0.4, 0.5) is 5.69 Å². The fraction of sp³-hybridized carbons (Fsp3) is 0.533. The van der Waals surface area contributed by atoms with Gasteiger partial charge in [0.05, 0.1) is 12.1 Å².